The molecule has 0 aliphatic carbocycles. The fraction of sp³-hybridized carbons (Fsp3) is 0.333. The van der Waals surface area contributed by atoms with Crippen LogP contribution in [0.2, 0.25) is 0 Å². The first-order chi connectivity index (χ1) is 18.5. The van der Waals surface area contributed by atoms with Crippen LogP contribution in [-0.2, 0) is 14.3 Å². The highest BCUT2D eigenvalue weighted by atomic mass is 16.5. The molecule has 2 aromatic heterocycles. The van der Waals surface area contributed by atoms with Crippen molar-refractivity contribution in [1.82, 2.24) is 19.8 Å². The van der Waals surface area contributed by atoms with Gasteiger partial charge in [0.1, 0.15) is 6.23 Å². The summed E-state index contributed by atoms with van der Waals surface area (Å²) in [5.41, 5.74) is 3.87. The van der Waals surface area contributed by atoms with Gasteiger partial charge in [-0.25, -0.2) is 0 Å². The number of hydrogen-bond donors (Lipinski definition) is 3. The first-order valence-electron chi connectivity index (χ1n) is 13.3. The molecule has 0 bridgehead atoms. The van der Waals surface area contributed by atoms with Crippen LogP contribution in [0.1, 0.15) is 44.0 Å². The van der Waals surface area contributed by atoms with E-state index in [-0.39, 0.29) is 6.10 Å². The molecule has 6 rings (SSSR count). The van der Waals surface area contributed by atoms with Gasteiger partial charge in [-0.05, 0) is 25.2 Å². The van der Waals surface area contributed by atoms with Crippen LogP contribution in [0, 0.1) is 0 Å². The summed E-state index contributed by atoms with van der Waals surface area (Å²) in [7, 11) is 0. The molecule has 8 heteroatoms. The summed E-state index contributed by atoms with van der Waals surface area (Å²) < 4.78 is 8.55. The number of nitrogens with one attached hydrogen (secondary N) is 2. The van der Waals surface area contributed by atoms with E-state index in [1.54, 1.807) is 6.20 Å². The second kappa shape index (κ2) is 9.87. The van der Waals surface area contributed by atoms with Crippen molar-refractivity contribution in [3.05, 3.63) is 72.1 Å². The molecular weight excluding hydrogens is 480 g/mol. The van der Waals surface area contributed by atoms with Gasteiger partial charge in [-0.1, -0.05) is 50.2 Å². The Hall–Kier alpha value is -3.72. The van der Waals surface area contributed by atoms with Gasteiger partial charge in [0, 0.05) is 59.2 Å². The van der Waals surface area contributed by atoms with Gasteiger partial charge in [0.2, 0.25) is 0 Å². The molecule has 0 unspecified atom stereocenters. The molecule has 196 valence electrons. The van der Waals surface area contributed by atoms with Gasteiger partial charge in [-0.2, -0.15) is 0 Å². The summed E-state index contributed by atoms with van der Waals surface area (Å²) in [5, 5.41) is 15.0. The fourth-order valence-electron chi connectivity index (χ4n) is 5.92. The molecule has 2 amide bonds. The summed E-state index contributed by atoms with van der Waals surface area (Å²) in [5.74, 6) is -0.822. The largest absolute Gasteiger partial charge is 0.393 e. The Morgan fingerprint density at radius 3 is 2.39 bits per heavy atom. The van der Waals surface area contributed by atoms with Crippen LogP contribution in [0.25, 0.3) is 33.0 Å². The van der Waals surface area contributed by atoms with E-state index in [2.05, 4.69) is 29.0 Å². The lowest BCUT2D eigenvalue weighted by atomic mass is 9.95. The Morgan fingerprint density at radius 1 is 0.947 bits per heavy atom. The van der Waals surface area contributed by atoms with Crippen LogP contribution < -0.4 is 5.32 Å². The molecule has 8 nitrogen and oxygen atoms in total. The van der Waals surface area contributed by atoms with E-state index in [9.17, 15) is 14.7 Å². The van der Waals surface area contributed by atoms with Gasteiger partial charge in [-0.15, -0.1) is 0 Å². The average Bonchev–Trinajstić information content (AvgIpc) is 3.59. The molecule has 1 fully saturated rings. The predicted octanol–water partition coefficient (Wildman–Crippen LogP) is 4.07. The molecule has 2 aliphatic rings. The lowest BCUT2D eigenvalue weighted by molar-refractivity contribution is -0.133. The number of fused-ring (bicyclic) bond motifs is 2. The maximum atomic E-state index is 13.3. The Balaban J connectivity index is 1.47. The molecule has 1 saturated heterocycles. The van der Waals surface area contributed by atoms with E-state index in [1.807, 2.05) is 59.3 Å². The van der Waals surface area contributed by atoms with Crippen LogP contribution in [0.3, 0.4) is 0 Å². The van der Waals surface area contributed by atoms with Crippen molar-refractivity contribution < 1.29 is 19.4 Å². The van der Waals surface area contributed by atoms with Gasteiger partial charge in [-0.3, -0.25) is 14.9 Å². The highest BCUT2D eigenvalue weighted by Gasteiger charge is 2.36. The van der Waals surface area contributed by atoms with Crippen molar-refractivity contribution in [3.8, 4) is 0 Å². The quantitative estimate of drug-likeness (QED) is 0.324. The number of nitrogens with zero attached hydrogens (tertiary/aromatic N) is 2. The Labute approximate surface area is 220 Å². The molecule has 38 heavy (non-hydrogen) atoms. The van der Waals surface area contributed by atoms with Crippen molar-refractivity contribution >= 4 is 44.8 Å². The van der Waals surface area contributed by atoms with E-state index in [4.69, 9.17) is 4.74 Å². The van der Waals surface area contributed by atoms with Crippen LogP contribution in [0.15, 0.2) is 60.9 Å². The number of aliphatic hydroxyl groups is 1. The molecule has 0 spiro atoms. The Kier molecular flexibility index (Phi) is 6.39. The molecule has 3 N–H and O–H groups in total. The normalized spacial score (nSPS) is 22.3. The third-order valence-corrected chi connectivity index (χ3v) is 7.82. The number of ether oxygens (including phenoxy) is 1. The van der Waals surface area contributed by atoms with Gasteiger partial charge in [0.05, 0.1) is 28.9 Å². The number of likely N-dealkylation sites (N-methyl/N-ethyl adjacent to an activating group) is 1. The second-order valence-corrected chi connectivity index (χ2v) is 10.1. The number of aromatic nitrogens is 2. The molecule has 2 aromatic carbocycles. The number of benzene rings is 2. The molecule has 3 atom stereocenters. The van der Waals surface area contributed by atoms with E-state index in [1.165, 1.54) is 0 Å². The summed E-state index contributed by atoms with van der Waals surface area (Å²) in [4.78, 5) is 31.9. The zero-order valence-electron chi connectivity index (χ0n) is 21.6. The van der Waals surface area contributed by atoms with E-state index >= 15 is 0 Å². The number of para-hydroxylation sites is 2. The number of rotatable bonds is 7. The second-order valence-electron chi connectivity index (χ2n) is 10.1. The van der Waals surface area contributed by atoms with E-state index in [0.29, 0.717) is 35.1 Å². The number of H-pyrrole nitrogens is 1. The topological polar surface area (TPSA) is 99.6 Å². The van der Waals surface area contributed by atoms with Crippen molar-refractivity contribution in [2.75, 3.05) is 19.6 Å². The van der Waals surface area contributed by atoms with Crippen molar-refractivity contribution in [2.45, 2.75) is 45.1 Å². The minimum Gasteiger partial charge on any atom is -0.393 e. The summed E-state index contributed by atoms with van der Waals surface area (Å²) in [6.45, 7) is 6.83. The van der Waals surface area contributed by atoms with Crippen molar-refractivity contribution in [1.29, 1.82) is 0 Å². The third kappa shape index (κ3) is 4.15. The number of amides is 2. The smallest absolute Gasteiger partial charge is 0.259 e. The average molecular weight is 513 g/mol. The predicted molar refractivity (Wildman–Crippen MR) is 147 cm³/mol. The Bertz CT molecular complexity index is 1560. The highest BCUT2D eigenvalue weighted by Crippen LogP contribution is 2.40. The SMILES string of the molecule is CCN(CC)C[C@@H]1C[C@@H](O)C[C@H](n2cc(C3=C(c4c[nH]c5ccccc45)C(=O)NC3=O)c3ccccc32)O1. The molecule has 2 aliphatic heterocycles. The molecule has 4 aromatic rings. The van der Waals surface area contributed by atoms with Crippen molar-refractivity contribution in [3.63, 3.8) is 0 Å². The number of aromatic amines is 1. The van der Waals surface area contributed by atoms with E-state index < -0.39 is 24.1 Å². The molecule has 0 radical (unpaired) electrons. The standard InChI is InChI=1S/C30H32N4O4/c1-3-33(4-2)16-19-13-18(35)14-26(38-19)34-17-23(21-10-6-8-12-25(21)34)28-27(29(36)32-30(28)37)22-15-31-24-11-7-5-9-20(22)24/h5-12,15,17-19,26,31,35H,3-4,13-14,16H2,1-2H3,(H,32,36,37)/t18-,19+,26-/m1/s1. The highest BCUT2D eigenvalue weighted by molar-refractivity contribution is 6.50. The zero-order chi connectivity index (χ0) is 26.4. The molecule has 4 heterocycles. The van der Waals surface area contributed by atoms with Crippen LogP contribution in [-0.4, -0.2) is 63.2 Å². The van der Waals surface area contributed by atoms with Crippen molar-refractivity contribution in [2.24, 2.45) is 0 Å². The lowest BCUT2D eigenvalue weighted by Crippen LogP contribution is -2.41. The third-order valence-electron chi connectivity index (χ3n) is 7.82. The minimum absolute atomic E-state index is 0.106. The number of carbonyl (C=O) groups is 2. The maximum Gasteiger partial charge on any atom is 0.259 e. The summed E-state index contributed by atoms with van der Waals surface area (Å²) >= 11 is 0. The molecular formula is C30H32N4O4. The number of aliphatic hydroxyl groups excluding tert-OH is 1. The van der Waals surface area contributed by atoms with E-state index in [0.717, 1.165) is 41.4 Å². The lowest BCUT2D eigenvalue weighted by Gasteiger charge is -2.36. The molecule has 0 saturated carbocycles. The minimum atomic E-state index is -0.490. The Morgan fingerprint density at radius 2 is 1.63 bits per heavy atom. The number of carbonyl (C=O) groups excluding carboxylic acids is 2. The summed E-state index contributed by atoms with van der Waals surface area (Å²) in [6, 6.07) is 15.6. The van der Waals surface area contributed by atoms with Gasteiger partial charge >= 0.3 is 0 Å². The van der Waals surface area contributed by atoms with Crippen LogP contribution >= 0.6 is 0 Å². The fourth-order valence-corrected chi connectivity index (χ4v) is 5.92. The van der Waals surface area contributed by atoms with Crippen LogP contribution in [0.4, 0.5) is 0 Å². The van der Waals surface area contributed by atoms with Gasteiger partial charge in [0.25, 0.3) is 11.8 Å². The summed E-state index contributed by atoms with van der Waals surface area (Å²) in [6.07, 6.45) is 3.75. The number of imide groups is 1. The monoisotopic (exact) mass is 512 g/mol. The first-order valence-corrected chi connectivity index (χ1v) is 13.3. The maximum absolute atomic E-state index is 13.3. The first kappa shape index (κ1) is 24.6. The van der Waals surface area contributed by atoms with Crippen LogP contribution in [0.5, 0.6) is 0 Å². The zero-order valence-corrected chi connectivity index (χ0v) is 21.6. The number of hydrogen-bond acceptors (Lipinski definition) is 5. The van der Waals surface area contributed by atoms with Gasteiger partial charge < -0.3 is 24.3 Å². The van der Waals surface area contributed by atoms with Gasteiger partial charge in [0.15, 0.2) is 0 Å².